The minimum Gasteiger partial charge on any atom is -0.480 e. The largest absolute Gasteiger partial charge is 0.480 e. The molecule has 0 aromatic heterocycles. The maximum Gasteiger partial charge on any atom is 0.321 e. The van der Waals surface area contributed by atoms with Crippen molar-refractivity contribution in [3.8, 4) is 0 Å². The van der Waals surface area contributed by atoms with Crippen LogP contribution in [0.4, 0.5) is 0 Å². The van der Waals surface area contributed by atoms with E-state index in [0.717, 1.165) is 5.56 Å². The molecule has 2 N–H and O–H groups in total. The molecule has 1 atom stereocenters. The van der Waals surface area contributed by atoms with Crippen LogP contribution in [0.2, 0.25) is 0 Å². The molecule has 0 saturated heterocycles. The highest BCUT2D eigenvalue weighted by Crippen LogP contribution is 2.22. The van der Waals surface area contributed by atoms with Gasteiger partial charge in [-0.2, -0.15) is 0 Å². The van der Waals surface area contributed by atoms with Gasteiger partial charge in [-0.05, 0) is 30.0 Å². The fraction of sp³-hybridized carbons (Fsp3) is 0.500. The van der Waals surface area contributed by atoms with Gasteiger partial charge in [-0.1, -0.05) is 45.0 Å². The molecule has 0 amide bonds. The van der Waals surface area contributed by atoms with E-state index >= 15 is 0 Å². The zero-order valence-electron chi connectivity index (χ0n) is 10.9. The van der Waals surface area contributed by atoms with Crippen LogP contribution in [0.15, 0.2) is 24.3 Å². The van der Waals surface area contributed by atoms with Crippen LogP contribution in [-0.4, -0.2) is 24.2 Å². The highest BCUT2D eigenvalue weighted by Gasteiger charge is 2.16. The molecule has 1 aromatic rings. The van der Waals surface area contributed by atoms with Crippen LogP contribution in [-0.2, 0) is 16.6 Å². The summed E-state index contributed by atoms with van der Waals surface area (Å²) in [7, 11) is 1.67. The van der Waals surface area contributed by atoms with E-state index in [0.29, 0.717) is 6.42 Å². The third-order valence-corrected chi connectivity index (χ3v) is 2.91. The molecular weight excluding hydrogens is 214 g/mol. The highest BCUT2D eigenvalue weighted by atomic mass is 16.4. The maximum absolute atomic E-state index is 10.9. The van der Waals surface area contributed by atoms with E-state index in [9.17, 15) is 4.79 Å². The van der Waals surface area contributed by atoms with E-state index < -0.39 is 12.0 Å². The van der Waals surface area contributed by atoms with E-state index in [4.69, 9.17) is 5.11 Å². The van der Waals surface area contributed by atoms with E-state index in [1.54, 1.807) is 7.05 Å². The Kier molecular flexibility index (Phi) is 4.29. The Hall–Kier alpha value is -1.35. The van der Waals surface area contributed by atoms with Crippen LogP contribution in [0.25, 0.3) is 0 Å². The van der Waals surface area contributed by atoms with Crippen LogP contribution in [0.3, 0.4) is 0 Å². The summed E-state index contributed by atoms with van der Waals surface area (Å²) in [5, 5.41) is 11.8. The predicted molar refractivity (Wildman–Crippen MR) is 69.3 cm³/mol. The fourth-order valence-electron chi connectivity index (χ4n) is 1.69. The van der Waals surface area contributed by atoms with Crippen LogP contribution < -0.4 is 5.32 Å². The second kappa shape index (κ2) is 5.32. The molecule has 0 fully saturated rings. The second-order valence-corrected chi connectivity index (χ2v) is 5.33. The Morgan fingerprint density at radius 2 is 1.82 bits per heavy atom. The van der Waals surface area contributed by atoms with Crippen molar-refractivity contribution < 1.29 is 9.90 Å². The normalized spacial score (nSPS) is 13.4. The lowest BCUT2D eigenvalue weighted by Crippen LogP contribution is -2.35. The number of carboxylic acids is 1. The fourth-order valence-corrected chi connectivity index (χ4v) is 1.69. The van der Waals surface area contributed by atoms with Crippen LogP contribution in [0.5, 0.6) is 0 Å². The van der Waals surface area contributed by atoms with Gasteiger partial charge in [0.05, 0.1) is 0 Å². The Labute approximate surface area is 103 Å². The lowest BCUT2D eigenvalue weighted by atomic mass is 9.86. The number of carboxylic acid groups (broad SMARTS) is 1. The quantitative estimate of drug-likeness (QED) is 0.841. The van der Waals surface area contributed by atoms with Gasteiger partial charge in [-0.25, -0.2) is 0 Å². The predicted octanol–water partition coefficient (Wildman–Crippen LogP) is 2.20. The Bertz CT molecular complexity index is 376. The van der Waals surface area contributed by atoms with E-state index in [1.807, 2.05) is 12.1 Å². The van der Waals surface area contributed by atoms with Crippen LogP contribution in [0.1, 0.15) is 31.9 Å². The van der Waals surface area contributed by atoms with Gasteiger partial charge in [0.25, 0.3) is 0 Å². The van der Waals surface area contributed by atoms with Gasteiger partial charge in [0.15, 0.2) is 0 Å². The first-order valence-electron chi connectivity index (χ1n) is 5.84. The molecule has 1 aromatic carbocycles. The van der Waals surface area contributed by atoms with Gasteiger partial charge >= 0.3 is 5.97 Å². The first-order valence-corrected chi connectivity index (χ1v) is 5.84. The molecule has 0 radical (unpaired) electrons. The van der Waals surface area contributed by atoms with Gasteiger partial charge in [0.1, 0.15) is 6.04 Å². The Morgan fingerprint density at radius 3 is 2.18 bits per heavy atom. The number of benzene rings is 1. The molecule has 0 spiro atoms. The highest BCUT2D eigenvalue weighted by molar-refractivity contribution is 5.73. The SMILES string of the molecule is CN[C@@H](Cc1ccc(C(C)(C)C)cc1)C(=O)O. The molecule has 0 aliphatic rings. The zero-order valence-corrected chi connectivity index (χ0v) is 10.9. The Balaban J connectivity index is 2.78. The topological polar surface area (TPSA) is 49.3 Å². The summed E-state index contributed by atoms with van der Waals surface area (Å²) in [6, 6.07) is 7.64. The first kappa shape index (κ1) is 13.7. The van der Waals surface area contributed by atoms with Gasteiger partial charge in [0, 0.05) is 0 Å². The van der Waals surface area contributed by atoms with Gasteiger partial charge in [-0.3, -0.25) is 4.79 Å². The van der Waals surface area contributed by atoms with E-state index in [1.165, 1.54) is 5.56 Å². The smallest absolute Gasteiger partial charge is 0.321 e. The van der Waals surface area contributed by atoms with Gasteiger partial charge in [0.2, 0.25) is 0 Å². The summed E-state index contributed by atoms with van der Waals surface area (Å²) < 4.78 is 0. The molecule has 0 aliphatic carbocycles. The molecule has 0 bridgehead atoms. The summed E-state index contributed by atoms with van der Waals surface area (Å²) in [6.07, 6.45) is 0.510. The van der Waals surface area contributed by atoms with Gasteiger partial charge in [-0.15, -0.1) is 0 Å². The summed E-state index contributed by atoms with van der Waals surface area (Å²) in [4.78, 5) is 10.9. The number of likely N-dealkylation sites (N-methyl/N-ethyl adjacent to an activating group) is 1. The average Bonchev–Trinajstić information content (AvgIpc) is 2.25. The molecule has 0 heterocycles. The average molecular weight is 235 g/mol. The number of aliphatic carboxylic acids is 1. The van der Waals surface area contributed by atoms with Crippen molar-refractivity contribution in [3.05, 3.63) is 35.4 Å². The molecule has 17 heavy (non-hydrogen) atoms. The monoisotopic (exact) mass is 235 g/mol. The van der Waals surface area contributed by atoms with Crippen molar-refractivity contribution in [2.24, 2.45) is 0 Å². The first-order chi connectivity index (χ1) is 7.84. The third-order valence-electron chi connectivity index (χ3n) is 2.91. The summed E-state index contributed by atoms with van der Waals surface area (Å²) in [5.41, 5.74) is 2.44. The lowest BCUT2D eigenvalue weighted by Gasteiger charge is -2.19. The third kappa shape index (κ3) is 3.86. The number of carbonyl (C=O) groups is 1. The van der Waals surface area contributed by atoms with E-state index in [2.05, 4.69) is 38.2 Å². The van der Waals surface area contributed by atoms with Crippen molar-refractivity contribution in [1.82, 2.24) is 5.32 Å². The molecule has 1 rings (SSSR count). The van der Waals surface area contributed by atoms with Crippen molar-refractivity contribution in [2.75, 3.05) is 7.05 Å². The molecule has 3 heteroatoms. The summed E-state index contributed by atoms with van der Waals surface area (Å²) >= 11 is 0. The van der Waals surface area contributed by atoms with Crippen molar-refractivity contribution in [1.29, 1.82) is 0 Å². The molecule has 0 unspecified atom stereocenters. The molecule has 0 saturated carbocycles. The number of hydrogen-bond acceptors (Lipinski definition) is 2. The second-order valence-electron chi connectivity index (χ2n) is 5.33. The molecule has 3 nitrogen and oxygen atoms in total. The minimum atomic E-state index is -0.813. The van der Waals surface area contributed by atoms with Crippen molar-refractivity contribution in [2.45, 2.75) is 38.6 Å². The van der Waals surface area contributed by atoms with Gasteiger partial charge < -0.3 is 10.4 Å². The minimum absolute atomic E-state index is 0.133. The summed E-state index contributed by atoms with van der Waals surface area (Å²) in [6.45, 7) is 6.49. The molecule has 0 aliphatic heterocycles. The number of nitrogens with one attached hydrogen (secondary N) is 1. The Morgan fingerprint density at radius 1 is 1.29 bits per heavy atom. The number of rotatable bonds is 4. The lowest BCUT2D eigenvalue weighted by molar-refractivity contribution is -0.139. The van der Waals surface area contributed by atoms with E-state index in [-0.39, 0.29) is 5.41 Å². The molecular formula is C14H21NO2. The molecule has 94 valence electrons. The number of hydrogen-bond donors (Lipinski definition) is 2. The van der Waals surface area contributed by atoms with Crippen molar-refractivity contribution in [3.63, 3.8) is 0 Å². The standard InChI is InChI=1S/C14H21NO2/c1-14(2,3)11-7-5-10(6-8-11)9-12(15-4)13(16)17/h5-8,12,15H,9H2,1-4H3,(H,16,17)/t12-/m0/s1. The van der Waals surface area contributed by atoms with Crippen LogP contribution >= 0.6 is 0 Å². The summed E-state index contributed by atoms with van der Waals surface area (Å²) in [5.74, 6) is -0.813. The zero-order chi connectivity index (χ0) is 13.1. The maximum atomic E-state index is 10.9. The van der Waals surface area contributed by atoms with Crippen molar-refractivity contribution >= 4 is 5.97 Å². The van der Waals surface area contributed by atoms with Crippen LogP contribution in [0, 0.1) is 0 Å².